The third kappa shape index (κ3) is 2.58. The fourth-order valence-electron chi connectivity index (χ4n) is 1.81. The van der Waals surface area contributed by atoms with Crippen LogP contribution in [-0.2, 0) is 0 Å². The fourth-order valence-corrected chi connectivity index (χ4v) is 2.65. The molecule has 1 aromatic heterocycles. The summed E-state index contributed by atoms with van der Waals surface area (Å²) in [6.07, 6.45) is 1.17. The molecule has 1 atom stereocenters. The first kappa shape index (κ1) is 10.6. The molecule has 2 heterocycles. The van der Waals surface area contributed by atoms with E-state index in [0.29, 0.717) is 5.92 Å². The predicted molar refractivity (Wildman–Crippen MR) is 62.4 cm³/mol. The highest BCUT2D eigenvalue weighted by atomic mass is 32.1. The van der Waals surface area contributed by atoms with Crippen molar-refractivity contribution in [2.24, 2.45) is 5.92 Å². The van der Waals surface area contributed by atoms with Crippen molar-refractivity contribution in [2.75, 3.05) is 19.6 Å². The van der Waals surface area contributed by atoms with Crippen LogP contribution < -0.4 is 10.6 Å². The Morgan fingerprint density at radius 1 is 1.73 bits per heavy atom. The summed E-state index contributed by atoms with van der Waals surface area (Å²) in [6.45, 7) is 4.88. The highest BCUT2D eigenvalue weighted by Crippen LogP contribution is 2.15. The van der Waals surface area contributed by atoms with Crippen LogP contribution in [-0.4, -0.2) is 25.5 Å². The van der Waals surface area contributed by atoms with Crippen molar-refractivity contribution in [1.29, 1.82) is 0 Å². The molecule has 1 saturated heterocycles. The van der Waals surface area contributed by atoms with Gasteiger partial charge in [0.1, 0.15) is 0 Å². The lowest BCUT2D eigenvalue weighted by Crippen LogP contribution is -2.30. The van der Waals surface area contributed by atoms with Gasteiger partial charge in [0.15, 0.2) is 0 Å². The first-order valence-electron chi connectivity index (χ1n) is 5.30. The number of carbonyl (C=O) groups excluding carboxylic acids is 1. The number of amides is 1. The third-order valence-electron chi connectivity index (χ3n) is 2.78. The number of rotatable bonds is 3. The number of hydrogen-bond acceptors (Lipinski definition) is 3. The summed E-state index contributed by atoms with van der Waals surface area (Å²) in [7, 11) is 0. The molecule has 1 aromatic rings. The predicted octanol–water partition coefficient (Wildman–Crippen LogP) is 1.40. The molecule has 1 aliphatic heterocycles. The van der Waals surface area contributed by atoms with Crippen molar-refractivity contribution >= 4 is 17.2 Å². The zero-order chi connectivity index (χ0) is 10.7. The highest BCUT2D eigenvalue weighted by Gasteiger charge is 2.16. The molecule has 0 spiro atoms. The molecule has 0 aliphatic carbocycles. The van der Waals surface area contributed by atoms with Crippen LogP contribution in [0.1, 0.15) is 21.7 Å². The molecule has 0 radical (unpaired) electrons. The maximum Gasteiger partial charge on any atom is 0.261 e. The van der Waals surface area contributed by atoms with Gasteiger partial charge in [0, 0.05) is 6.54 Å². The average Bonchev–Trinajstić information content (AvgIpc) is 2.84. The van der Waals surface area contributed by atoms with E-state index in [9.17, 15) is 4.79 Å². The maximum absolute atomic E-state index is 11.8. The fraction of sp³-hybridized carbons (Fsp3) is 0.545. The van der Waals surface area contributed by atoms with Crippen LogP contribution in [0, 0.1) is 12.8 Å². The van der Waals surface area contributed by atoms with Gasteiger partial charge in [-0.1, -0.05) is 0 Å². The van der Waals surface area contributed by atoms with Gasteiger partial charge in [-0.05, 0) is 49.4 Å². The molecule has 0 saturated carbocycles. The Labute approximate surface area is 93.9 Å². The van der Waals surface area contributed by atoms with E-state index in [-0.39, 0.29) is 5.91 Å². The molecular formula is C11H16N2OS. The van der Waals surface area contributed by atoms with E-state index in [0.717, 1.165) is 30.1 Å². The van der Waals surface area contributed by atoms with Crippen molar-refractivity contribution in [3.05, 3.63) is 21.9 Å². The zero-order valence-electron chi connectivity index (χ0n) is 8.88. The van der Waals surface area contributed by atoms with Crippen LogP contribution in [0.15, 0.2) is 11.4 Å². The van der Waals surface area contributed by atoms with Gasteiger partial charge in [-0.25, -0.2) is 0 Å². The van der Waals surface area contributed by atoms with E-state index >= 15 is 0 Å². The SMILES string of the molecule is Cc1ccsc1C(=O)NCC1CCNC1. The molecule has 2 N–H and O–H groups in total. The first-order chi connectivity index (χ1) is 7.27. The summed E-state index contributed by atoms with van der Waals surface area (Å²) in [4.78, 5) is 12.6. The summed E-state index contributed by atoms with van der Waals surface area (Å²) in [5, 5.41) is 8.25. The second-order valence-electron chi connectivity index (χ2n) is 4.00. The molecule has 2 rings (SSSR count). The van der Waals surface area contributed by atoms with Crippen molar-refractivity contribution in [3.63, 3.8) is 0 Å². The quantitative estimate of drug-likeness (QED) is 0.814. The van der Waals surface area contributed by atoms with Gasteiger partial charge in [0.2, 0.25) is 0 Å². The Kier molecular flexibility index (Phi) is 3.38. The van der Waals surface area contributed by atoms with Crippen LogP contribution in [0.4, 0.5) is 0 Å². The number of hydrogen-bond donors (Lipinski definition) is 2. The molecule has 1 unspecified atom stereocenters. The van der Waals surface area contributed by atoms with Crippen molar-refractivity contribution in [2.45, 2.75) is 13.3 Å². The van der Waals surface area contributed by atoms with Gasteiger partial charge in [-0.15, -0.1) is 11.3 Å². The molecule has 4 heteroatoms. The minimum absolute atomic E-state index is 0.0781. The van der Waals surface area contributed by atoms with Crippen molar-refractivity contribution < 1.29 is 4.79 Å². The Bertz CT molecular complexity index is 342. The standard InChI is InChI=1S/C11H16N2OS/c1-8-3-5-15-10(8)11(14)13-7-9-2-4-12-6-9/h3,5,9,12H,2,4,6-7H2,1H3,(H,13,14). The number of thiophene rings is 1. The number of aryl methyl sites for hydroxylation is 1. The molecule has 3 nitrogen and oxygen atoms in total. The average molecular weight is 224 g/mol. The van der Waals surface area contributed by atoms with Crippen LogP contribution in [0.25, 0.3) is 0 Å². The summed E-state index contributed by atoms with van der Waals surface area (Å²) >= 11 is 1.51. The van der Waals surface area contributed by atoms with Crippen molar-refractivity contribution in [3.8, 4) is 0 Å². The van der Waals surface area contributed by atoms with Gasteiger partial charge in [0.25, 0.3) is 5.91 Å². The molecule has 82 valence electrons. The van der Waals surface area contributed by atoms with Crippen LogP contribution >= 0.6 is 11.3 Å². The molecule has 1 amide bonds. The van der Waals surface area contributed by atoms with E-state index in [1.807, 2.05) is 18.4 Å². The number of nitrogens with one attached hydrogen (secondary N) is 2. The van der Waals surface area contributed by atoms with Gasteiger partial charge in [0.05, 0.1) is 4.88 Å². The summed E-state index contributed by atoms with van der Waals surface area (Å²) < 4.78 is 0. The zero-order valence-corrected chi connectivity index (χ0v) is 9.69. The molecule has 1 fully saturated rings. The van der Waals surface area contributed by atoms with Gasteiger partial charge in [-0.3, -0.25) is 4.79 Å². The Morgan fingerprint density at radius 2 is 2.60 bits per heavy atom. The molecule has 0 bridgehead atoms. The topological polar surface area (TPSA) is 41.1 Å². The van der Waals surface area contributed by atoms with E-state index in [4.69, 9.17) is 0 Å². The monoisotopic (exact) mass is 224 g/mol. The molecule has 0 aromatic carbocycles. The minimum Gasteiger partial charge on any atom is -0.351 e. The van der Waals surface area contributed by atoms with Crippen molar-refractivity contribution in [1.82, 2.24) is 10.6 Å². The van der Waals surface area contributed by atoms with Crippen LogP contribution in [0.5, 0.6) is 0 Å². The van der Waals surface area contributed by atoms with Gasteiger partial charge < -0.3 is 10.6 Å². The lowest BCUT2D eigenvalue weighted by Gasteiger charge is -2.09. The maximum atomic E-state index is 11.8. The number of carbonyl (C=O) groups is 1. The van der Waals surface area contributed by atoms with Gasteiger partial charge >= 0.3 is 0 Å². The third-order valence-corrected chi connectivity index (χ3v) is 3.80. The van der Waals surface area contributed by atoms with Crippen LogP contribution in [0.2, 0.25) is 0 Å². The van der Waals surface area contributed by atoms with E-state index in [1.54, 1.807) is 0 Å². The lowest BCUT2D eigenvalue weighted by atomic mass is 10.1. The molecule has 1 aliphatic rings. The van der Waals surface area contributed by atoms with E-state index in [1.165, 1.54) is 17.8 Å². The van der Waals surface area contributed by atoms with Gasteiger partial charge in [-0.2, -0.15) is 0 Å². The summed E-state index contributed by atoms with van der Waals surface area (Å²) in [6, 6.07) is 1.98. The summed E-state index contributed by atoms with van der Waals surface area (Å²) in [5.74, 6) is 0.684. The normalized spacial score (nSPS) is 20.5. The Hall–Kier alpha value is -0.870. The van der Waals surface area contributed by atoms with Crippen LogP contribution in [0.3, 0.4) is 0 Å². The second-order valence-corrected chi connectivity index (χ2v) is 4.92. The Balaban J connectivity index is 1.84. The highest BCUT2D eigenvalue weighted by molar-refractivity contribution is 7.12. The second kappa shape index (κ2) is 4.77. The lowest BCUT2D eigenvalue weighted by molar-refractivity contribution is 0.0951. The molecule has 15 heavy (non-hydrogen) atoms. The largest absolute Gasteiger partial charge is 0.351 e. The first-order valence-corrected chi connectivity index (χ1v) is 6.18. The Morgan fingerprint density at radius 3 is 3.20 bits per heavy atom. The van der Waals surface area contributed by atoms with E-state index < -0.39 is 0 Å². The summed E-state index contributed by atoms with van der Waals surface area (Å²) in [5.41, 5.74) is 1.07. The minimum atomic E-state index is 0.0781. The van der Waals surface area contributed by atoms with E-state index in [2.05, 4.69) is 10.6 Å². The smallest absolute Gasteiger partial charge is 0.261 e. The molecular weight excluding hydrogens is 208 g/mol.